The van der Waals surface area contributed by atoms with Gasteiger partial charge in [-0.3, -0.25) is 4.79 Å². The number of ether oxygens (including phenoxy) is 3. The lowest BCUT2D eigenvalue weighted by molar-refractivity contribution is -0.121. The summed E-state index contributed by atoms with van der Waals surface area (Å²) >= 11 is 0. The molecule has 0 atom stereocenters. The minimum absolute atomic E-state index is 0.0809. The molecule has 0 aromatic heterocycles. The fraction of sp³-hybridized carbons (Fsp3) is 0.947. The number of alkyl carbamates (subject to hydrolysis) is 1. The van der Waals surface area contributed by atoms with E-state index in [1.165, 1.54) is 96.3 Å². The van der Waals surface area contributed by atoms with Crippen LogP contribution in [0.5, 0.6) is 0 Å². The van der Waals surface area contributed by atoms with Crippen molar-refractivity contribution in [3.63, 3.8) is 0 Å². The van der Waals surface area contributed by atoms with E-state index in [1.807, 2.05) is 0 Å². The molecule has 0 unspecified atom stereocenters. The first kappa shape index (κ1) is 43.7. The van der Waals surface area contributed by atoms with Crippen molar-refractivity contribution in [1.29, 1.82) is 0 Å². The molecule has 0 aliphatic heterocycles. The summed E-state index contributed by atoms with van der Waals surface area (Å²) in [6, 6.07) is 0. The number of amides is 2. The van der Waals surface area contributed by atoms with Gasteiger partial charge in [0.15, 0.2) is 0 Å². The van der Waals surface area contributed by atoms with Gasteiger partial charge in [0.2, 0.25) is 5.91 Å². The maximum atomic E-state index is 12.1. The summed E-state index contributed by atoms with van der Waals surface area (Å²) in [7, 11) is 0. The Hall–Kier alpha value is -1.34. The van der Waals surface area contributed by atoms with Crippen molar-refractivity contribution in [3.05, 3.63) is 0 Å². The molecule has 0 heterocycles. The third kappa shape index (κ3) is 35.4. The summed E-state index contributed by atoms with van der Waals surface area (Å²) in [5.41, 5.74) is -0.222. The van der Waals surface area contributed by atoms with Gasteiger partial charge in [-0.05, 0) is 51.9 Å². The summed E-state index contributed by atoms with van der Waals surface area (Å²) in [5.74, 6) is 0.715. The van der Waals surface area contributed by atoms with Crippen LogP contribution in [-0.2, 0) is 19.0 Å². The molecule has 0 saturated carbocycles. The maximum absolute atomic E-state index is 12.1. The highest BCUT2D eigenvalue weighted by Crippen LogP contribution is 2.16. The molecule has 0 spiro atoms. The molecule has 0 aliphatic carbocycles. The molecule has 0 rings (SSSR count). The first-order chi connectivity index (χ1) is 21.8. The van der Waals surface area contributed by atoms with Crippen molar-refractivity contribution < 1.29 is 23.8 Å². The molecule has 0 aliphatic rings. The van der Waals surface area contributed by atoms with Gasteiger partial charge in [-0.2, -0.15) is 0 Å². The average molecular weight is 641 g/mol. The van der Waals surface area contributed by atoms with Crippen molar-refractivity contribution >= 4 is 12.0 Å². The number of nitrogens with one attached hydrogen (secondary N) is 2. The van der Waals surface area contributed by atoms with Crippen molar-refractivity contribution in [1.82, 2.24) is 10.6 Å². The summed E-state index contributed by atoms with van der Waals surface area (Å²) in [5, 5.41) is 5.79. The number of unbranched alkanes of at least 4 members (excludes halogenated alkanes) is 17. The zero-order valence-electron chi connectivity index (χ0n) is 30.6. The molecule has 0 radical (unpaired) electrons. The molecule has 268 valence electrons. The Kier molecular flexibility index (Phi) is 31.6. The van der Waals surface area contributed by atoms with Crippen LogP contribution < -0.4 is 10.6 Å². The van der Waals surface area contributed by atoms with Gasteiger partial charge in [-0.15, -0.1) is 0 Å². The minimum atomic E-state index is -0.372. The average Bonchev–Trinajstić information content (AvgIpc) is 2.99. The van der Waals surface area contributed by atoms with Crippen LogP contribution in [0.3, 0.4) is 0 Å². The predicted octanol–water partition coefficient (Wildman–Crippen LogP) is 10.3. The van der Waals surface area contributed by atoms with Gasteiger partial charge in [-0.1, -0.05) is 124 Å². The normalized spacial score (nSPS) is 11.7. The van der Waals surface area contributed by atoms with E-state index in [2.05, 4.69) is 45.3 Å². The first-order valence-corrected chi connectivity index (χ1v) is 19.2. The van der Waals surface area contributed by atoms with E-state index in [9.17, 15) is 9.59 Å². The standard InChI is InChI=1S/C38H76N2O5/c1-6-7-8-9-10-11-12-13-14-15-16-17-18-19-20-24-31-43-32-25-33-44-37(42)40-29-23-21-22-26-36(41)39-30-28-38(4,5)45-34-27-35(2)3/h35H,6-34H2,1-5H3,(H,39,41)(H,40,42). The van der Waals surface area contributed by atoms with Gasteiger partial charge >= 0.3 is 6.09 Å². The number of hydrogen-bond donors (Lipinski definition) is 2. The highest BCUT2D eigenvalue weighted by atomic mass is 16.5. The lowest BCUT2D eigenvalue weighted by Crippen LogP contribution is -2.33. The molecule has 2 amide bonds. The van der Waals surface area contributed by atoms with Crippen molar-refractivity contribution in [2.24, 2.45) is 5.92 Å². The van der Waals surface area contributed by atoms with E-state index in [1.54, 1.807) is 0 Å². The summed E-state index contributed by atoms with van der Waals surface area (Å²) in [4.78, 5) is 23.9. The molecule has 45 heavy (non-hydrogen) atoms. The third-order valence-corrected chi connectivity index (χ3v) is 8.40. The predicted molar refractivity (Wildman–Crippen MR) is 190 cm³/mol. The van der Waals surface area contributed by atoms with Crippen LogP contribution in [-0.4, -0.2) is 57.1 Å². The number of hydrogen-bond acceptors (Lipinski definition) is 5. The highest BCUT2D eigenvalue weighted by molar-refractivity contribution is 5.75. The Morgan fingerprint density at radius 2 is 1.13 bits per heavy atom. The van der Waals surface area contributed by atoms with Crippen LogP contribution in [0.1, 0.15) is 182 Å². The minimum Gasteiger partial charge on any atom is -0.449 e. The molecular weight excluding hydrogens is 564 g/mol. The highest BCUT2D eigenvalue weighted by Gasteiger charge is 2.18. The van der Waals surface area contributed by atoms with Crippen LogP contribution in [0.2, 0.25) is 0 Å². The van der Waals surface area contributed by atoms with Crippen LogP contribution in [0.15, 0.2) is 0 Å². The van der Waals surface area contributed by atoms with Crippen molar-refractivity contribution in [2.45, 2.75) is 188 Å². The van der Waals surface area contributed by atoms with Gasteiger partial charge in [0.05, 0.1) is 12.2 Å². The van der Waals surface area contributed by atoms with Gasteiger partial charge in [0.25, 0.3) is 0 Å². The van der Waals surface area contributed by atoms with Crippen LogP contribution in [0, 0.1) is 5.92 Å². The van der Waals surface area contributed by atoms with E-state index < -0.39 is 0 Å². The second kappa shape index (κ2) is 32.6. The van der Waals surface area contributed by atoms with E-state index in [-0.39, 0.29) is 17.6 Å². The molecule has 2 N–H and O–H groups in total. The fourth-order valence-electron chi connectivity index (χ4n) is 5.24. The van der Waals surface area contributed by atoms with Gasteiger partial charge in [0, 0.05) is 45.8 Å². The SMILES string of the molecule is CCCCCCCCCCCCCCCCCCOCCCOC(=O)NCCCCCC(=O)NCCC(C)(C)OCCC(C)C. The number of carbonyl (C=O) groups is 2. The zero-order valence-corrected chi connectivity index (χ0v) is 30.6. The molecule has 0 fully saturated rings. The first-order valence-electron chi connectivity index (χ1n) is 19.2. The quantitative estimate of drug-likeness (QED) is 0.0684. The van der Waals surface area contributed by atoms with Gasteiger partial charge in [-0.25, -0.2) is 4.79 Å². The molecule has 7 heteroatoms. The topological polar surface area (TPSA) is 85.9 Å². The fourth-order valence-corrected chi connectivity index (χ4v) is 5.24. The largest absolute Gasteiger partial charge is 0.449 e. The third-order valence-electron chi connectivity index (χ3n) is 8.40. The lowest BCUT2D eigenvalue weighted by Gasteiger charge is -2.26. The molecule has 7 nitrogen and oxygen atoms in total. The second-order valence-corrected chi connectivity index (χ2v) is 14.0. The second-order valence-electron chi connectivity index (χ2n) is 14.0. The van der Waals surface area contributed by atoms with Crippen LogP contribution in [0.25, 0.3) is 0 Å². The summed E-state index contributed by atoms with van der Waals surface area (Å²) in [6.07, 6.45) is 27.3. The Balaban J connectivity index is 3.34. The Morgan fingerprint density at radius 1 is 0.600 bits per heavy atom. The zero-order chi connectivity index (χ0) is 33.3. The Bertz CT molecular complexity index is 656. The molecule has 0 aromatic rings. The number of carbonyl (C=O) groups excluding carboxylic acids is 2. The van der Waals surface area contributed by atoms with E-state index in [4.69, 9.17) is 14.2 Å². The summed E-state index contributed by atoms with van der Waals surface area (Å²) < 4.78 is 16.9. The van der Waals surface area contributed by atoms with Crippen LogP contribution in [0.4, 0.5) is 4.79 Å². The monoisotopic (exact) mass is 641 g/mol. The summed E-state index contributed by atoms with van der Waals surface area (Å²) in [6.45, 7) is 14.6. The molecule has 0 bridgehead atoms. The lowest BCUT2D eigenvalue weighted by atomic mass is 10.0. The van der Waals surface area contributed by atoms with E-state index in [0.29, 0.717) is 38.6 Å². The molecular formula is C38H76N2O5. The van der Waals surface area contributed by atoms with E-state index >= 15 is 0 Å². The molecule has 0 saturated heterocycles. The van der Waals surface area contributed by atoms with Gasteiger partial charge < -0.3 is 24.8 Å². The van der Waals surface area contributed by atoms with Gasteiger partial charge in [0.1, 0.15) is 0 Å². The smallest absolute Gasteiger partial charge is 0.407 e. The van der Waals surface area contributed by atoms with Crippen LogP contribution >= 0.6 is 0 Å². The number of rotatable bonds is 34. The molecule has 0 aromatic carbocycles. The Labute approximate surface area is 279 Å². The van der Waals surface area contributed by atoms with Crippen molar-refractivity contribution in [2.75, 3.05) is 39.5 Å². The van der Waals surface area contributed by atoms with Crippen molar-refractivity contribution in [3.8, 4) is 0 Å². The van der Waals surface area contributed by atoms with E-state index in [0.717, 1.165) is 58.2 Å². The maximum Gasteiger partial charge on any atom is 0.407 e. The Morgan fingerprint density at radius 3 is 1.71 bits per heavy atom.